The van der Waals surface area contributed by atoms with Crippen LogP contribution in [-0.2, 0) is 22.6 Å². The maximum absolute atomic E-state index is 12.2. The molecule has 2 rings (SSSR count). The van der Waals surface area contributed by atoms with E-state index < -0.39 is 0 Å². The maximum Gasteiger partial charge on any atom is 0.223 e. The van der Waals surface area contributed by atoms with Crippen molar-refractivity contribution in [2.75, 3.05) is 13.1 Å². The van der Waals surface area contributed by atoms with E-state index in [1.54, 1.807) is 11.3 Å². The van der Waals surface area contributed by atoms with Gasteiger partial charge >= 0.3 is 0 Å². The molecule has 0 radical (unpaired) electrons. The number of thiophene rings is 1. The predicted octanol–water partition coefficient (Wildman–Crippen LogP) is 1.69. The van der Waals surface area contributed by atoms with Crippen LogP contribution < -0.4 is 5.32 Å². The van der Waals surface area contributed by atoms with Gasteiger partial charge in [-0.2, -0.15) is 0 Å². The highest BCUT2D eigenvalue weighted by atomic mass is 32.1. The van der Waals surface area contributed by atoms with Crippen molar-refractivity contribution in [3.05, 3.63) is 21.9 Å². The third-order valence-electron chi connectivity index (χ3n) is 4.00. The third kappa shape index (κ3) is 4.81. The zero-order chi connectivity index (χ0) is 15.9. The molecule has 2 amide bonds. The van der Waals surface area contributed by atoms with Crippen LogP contribution in [0.4, 0.5) is 0 Å². The van der Waals surface area contributed by atoms with Crippen molar-refractivity contribution in [2.24, 2.45) is 0 Å². The molecule has 0 bridgehead atoms. The van der Waals surface area contributed by atoms with Gasteiger partial charge in [-0.05, 0) is 36.3 Å². The standard InChI is InChI=1S/C16H24N2O3S/c1-2-13(19)5-8-17-15(20)3-4-16(21)18-9-6-14-12(11-18)7-10-22-14/h7,10,13,19H,2-6,8-9,11H2,1H3,(H,17,20). The topological polar surface area (TPSA) is 69.6 Å². The molecule has 5 nitrogen and oxygen atoms in total. The second kappa shape index (κ2) is 8.29. The molecule has 6 heteroatoms. The van der Waals surface area contributed by atoms with Crippen LogP contribution in [0.1, 0.15) is 43.0 Å². The molecule has 22 heavy (non-hydrogen) atoms. The van der Waals surface area contributed by atoms with Gasteiger partial charge in [-0.1, -0.05) is 6.92 Å². The van der Waals surface area contributed by atoms with Crippen molar-refractivity contribution in [3.8, 4) is 0 Å². The minimum Gasteiger partial charge on any atom is -0.393 e. The molecule has 0 aliphatic carbocycles. The van der Waals surface area contributed by atoms with Crippen LogP contribution in [0.2, 0.25) is 0 Å². The van der Waals surface area contributed by atoms with Gasteiger partial charge in [0.15, 0.2) is 0 Å². The highest BCUT2D eigenvalue weighted by molar-refractivity contribution is 7.10. The van der Waals surface area contributed by atoms with Gasteiger partial charge in [-0.3, -0.25) is 9.59 Å². The summed E-state index contributed by atoms with van der Waals surface area (Å²) in [6.45, 7) is 3.78. The molecule has 0 saturated carbocycles. The van der Waals surface area contributed by atoms with E-state index >= 15 is 0 Å². The summed E-state index contributed by atoms with van der Waals surface area (Å²) in [5.74, 6) is -0.0783. The van der Waals surface area contributed by atoms with Crippen molar-refractivity contribution >= 4 is 23.2 Å². The van der Waals surface area contributed by atoms with Crippen LogP contribution in [0.25, 0.3) is 0 Å². The Morgan fingerprint density at radius 2 is 2.27 bits per heavy atom. The lowest BCUT2D eigenvalue weighted by molar-refractivity contribution is -0.134. The Labute approximate surface area is 135 Å². The smallest absolute Gasteiger partial charge is 0.223 e. The predicted molar refractivity (Wildman–Crippen MR) is 86.6 cm³/mol. The molecular formula is C16H24N2O3S. The fourth-order valence-corrected chi connectivity index (χ4v) is 3.40. The molecule has 0 saturated heterocycles. The number of fused-ring (bicyclic) bond motifs is 1. The van der Waals surface area contributed by atoms with Crippen LogP contribution in [0.5, 0.6) is 0 Å². The Bertz CT molecular complexity index is 515. The fraction of sp³-hybridized carbons (Fsp3) is 0.625. The summed E-state index contributed by atoms with van der Waals surface area (Å²) < 4.78 is 0. The first-order valence-corrected chi connectivity index (χ1v) is 8.76. The van der Waals surface area contributed by atoms with Crippen LogP contribution in [0.3, 0.4) is 0 Å². The molecule has 2 heterocycles. The minimum atomic E-state index is -0.366. The number of amides is 2. The van der Waals surface area contributed by atoms with Gasteiger partial charge < -0.3 is 15.3 Å². The summed E-state index contributed by atoms with van der Waals surface area (Å²) in [5.41, 5.74) is 1.24. The second-order valence-electron chi connectivity index (χ2n) is 5.64. The monoisotopic (exact) mass is 324 g/mol. The Morgan fingerprint density at radius 3 is 3.05 bits per heavy atom. The Kier molecular flexibility index (Phi) is 6.39. The third-order valence-corrected chi connectivity index (χ3v) is 5.02. The number of carbonyl (C=O) groups excluding carboxylic acids is 2. The average Bonchev–Trinajstić information content (AvgIpc) is 2.99. The number of carbonyl (C=O) groups is 2. The molecular weight excluding hydrogens is 300 g/mol. The molecule has 122 valence electrons. The van der Waals surface area contributed by atoms with Crippen LogP contribution >= 0.6 is 11.3 Å². The van der Waals surface area contributed by atoms with Gasteiger partial charge in [0, 0.05) is 37.4 Å². The Morgan fingerprint density at radius 1 is 1.45 bits per heavy atom. The largest absolute Gasteiger partial charge is 0.393 e. The summed E-state index contributed by atoms with van der Waals surface area (Å²) >= 11 is 1.75. The van der Waals surface area contributed by atoms with Crippen molar-refractivity contribution in [1.82, 2.24) is 10.2 Å². The first kappa shape index (κ1) is 17.0. The van der Waals surface area contributed by atoms with E-state index in [9.17, 15) is 14.7 Å². The minimum absolute atomic E-state index is 0.0422. The number of nitrogens with one attached hydrogen (secondary N) is 1. The summed E-state index contributed by atoms with van der Waals surface area (Å²) in [6.07, 6.45) is 2.27. The molecule has 1 aromatic heterocycles. The van der Waals surface area contributed by atoms with E-state index in [0.717, 1.165) is 13.0 Å². The average molecular weight is 324 g/mol. The highest BCUT2D eigenvalue weighted by Gasteiger charge is 2.21. The number of aliphatic hydroxyl groups excluding tert-OH is 1. The highest BCUT2D eigenvalue weighted by Crippen LogP contribution is 2.24. The maximum atomic E-state index is 12.2. The summed E-state index contributed by atoms with van der Waals surface area (Å²) in [5, 5.41) is 14.2. The molecule has 0 spiro atoms. The van der Waals surface area contributed by atoms with Crippen molar-refractivity contribution in [1.29, 1.82) is 0 Å². The zero-order valence-electron chi connectivity index (χ0n) is 13.0. The summed E-state index contributed by atoms with van der Waals surface area (Å²) in [7, 11) is 0. The van der Waals surface area contributed by atoms with E-state index in [-0.39, 0.29) is 30.8 Å². The van der Waals surface area contributed by atoms with Gasteiger partial charge in [-0.25, -0.2) is 0 Å². The second-order valence-corrected chi connectivity index (χ2v) is 6.64. The molecule has 0 aromatic carbocycles. The Balaban J connectivity index is 1.66. The number of aliphatic hydroxyl groups is 1. The molecule has 1 aromatic rings. The van der Waals surface area contributed by atoms with Crippen molar-refractivity contribution < 1.29 is 14.7 Å². The summed E-state index contributed by atoms with van der Waals surface area (Å²) in [6, 6.07) is 2.07. The van der Waals surface area contributed by atoms with Gasteiger partial charge in [0.1, 0.15) is 0 Å². The Hall–Kier alpha value is -1.40. The number of hydrogen-bond donors (Lipinski definition) is 2. The van der Waals surface area contributed by atoms with E-state index in [1.807, 2.05) is 11.8 Å². The molecule has 1 unspecified atom stereocenters. The lowest BCUT2D eigenvalue weighted by Gasteiger charge is -2.27. The summed E-state index contributed by atoms with van der Waals surface area (Å²) in [4.78, 5) is 27.1. The van der Waals surface area contributed by atoms with Crippen LogP contribution in [0.15, 0.2) is 11.4 Å². The fourth-order valence-electron chi connectivity index (χ4n) is 2.51. The quantitative estimate of drug-likeness (QED) is 0.802. The van der Waals surface area contributed by atoms with Gasteiger partial charge in [0.25, 0.3) is 0 Å². The number of hydrogen-bond acceptors (Lipinski definition) is 4. The van der Waals surface area contributed by atoms with Crippen LogP contribution in [-0.4, -0.2) is 41.0 Å². The molecule has 0 fully saturated rings. The zero-order valence-corrected chi connectivity index (χ0v) is 13.8. The van der Waals surface area contributed by atoms with E-state index in [4.69, 9.17) is 0 Å². The lowest BCUT2D eigenvalue weighted by atomic mass is 10.1. The van der Waals surface area contributed by atoms with E-state index in [1.165, 1.54) is 10.4 Å². The van der Waals surface area contributed by atoms with Gasteiger partial charge in [-0.15, -0.1) is 11.3 Å². The SMILES string of the molecule is CCC(O)CCNC(=O)CCC(=O)N1CCc2sccc2C1. The first-order chi connectivity index (χ1) is 10.6. The number of nitrogens with zero attached hydrogens (tertiary/aromatic N) is 1. The normalized spacial score (nSPS) is 15.3. The molecule has 1 atom stereocenters. The number of rotatable bonds is 7. The van der Waals surface area contributed by atoms with Crippen LogP contribution in [0, 0.1) is 0 Å². The lowest BCUT2D eigenvalue weighted by Crippen LogP contribution is -2.36. The van der Waals surface area contributed by atoms with Crippen molar-refractivity contribution in [2.45, 2.75) is 51.7 Å². The first-order valence-electron chi connectivity index (χ1n) is 7.88. The van der Waals surface area contributed by atoms with Gasteiger partial charge in [0.05, 0.1) is 6.10 Å². The van der Waals surface area contributed by atoms with E-state index in [2.05, 4.69) is 16.8 Å². The molecule has 1 aliphatic rings. The molecule has 1 aliphatic heterocycles. The van der Waals surface area contributed by atoms with Gasteiger partial charge in [0.2, 0.25) is 11.8 Å². The molecule has 2 N–H and O–H groups in total. The van der Waals surface area contributed by atoms with Crippen molar-refractivity contribution in [3.63, 3.8) is 0 Å². The van der Waals surface area contributed by atoms with E-state index in [0.29, 0.717) is 25.9 Å².